The summed E-state index contributed by atoms with van der Waals surface area (Å²) in [6.45, 7) is 5.88. The molecule has 188 valence electrons. The normalized spacial score (nSPS) is 24.8. The highest BCUT2D eigenvalue weighted by Gasteiger charge is 2.40. The first-order valence-corrected chi connectivity index (χ1v) is 10.8. The molecule has 0 bridgehead atoms. The molecule has 6 atom stereocenters. The van der Waals surface area contributed by atoms with Crippen LogP contribution in [0.3, 0.4) is 0 Å². The second kappa shape index (κ2) is 10.5. The predicted octanol–water partition coefficient (Wildman–Crippen LogP) is -1.01. The number of fused-ring (bicyclic) bond motifs is 1. The fraction of sp³-hybridized carbons (Fsp3) is 0.650. The molecule has 7 N–H and O–H groups in total. The summed E-state index contributed by atoms with van der Waals surface area (Å²) in [5.41, 5.74) is 0.149. The second-order valence-electron chi connectivity index (χ2n) is 9.03. The quantitative estimate of drug-likeness (QED) is 0.255. The van der Waals surface area contributed by atoms with Crippen molar-refractivity contribution in [2.45, 2.75) is 76.3 Å². The standard InChI is InChI=1S/C20H31N7O7/c1-9(29)13(26-19(32)34-20(2,3)4)17(31)25-10-5-11(30)18(33-12(10)6-28)27-16-14-15(22-7-21-14)23-8-24-16/h7-13,18,28-30H,5-6H2,1-4H3,(H,25,31)(H,26,32)(H2,21,22,23,24,27)/t9-,10-,11+,12+,13+,18+/m1/s1. The predicted molar refractivity (Wildman–Crippen MR) is 118 cm³/mol. The number of hydrogen-bond acceptors (Lipinski definition) is 11. The lowest BCUT2D eigenvalue weighted by molar-refractivity contribution is -0.144. The molecule has 0 spiro atoms. The Balaban J connectivity index is 1.65. The van der Waals surface area contributed by atoms with Crippen molar-refractivity contribution in [1.82, 2.24) is 30.6 Å². The molecule has 0 radical (unpaired) electrons. The van der Waals surface area contributed by atoms with Gasteiger partial charge in [-0.25, -0.2) is 19.7 Å². The molecule has 14 heteroatoms. The number of aliphatic hydroxyl groups excluding tert-OH is 3. The average Bonchev–Trinajstić information content (AvgIpc) is 3.22. The van der Waals surface area contributed by atoms with Crippen LogP contribution in [0, 0.1) is 0 Å². The second-order valence-corrected chi connectivity index (χ2v) is 9.03. The Morgan fingerprint density at radius 1 is 1.32 bits per heavy atom. The minimum Gasteiger partial charge on any atom is -0.444 e. The van der Waals surface area contributed by atoms with Crippen molar-refractivity contribution in [3.8, 4) is 0 Å². The number of alkyl carbamates (subject to hydrolysis) is 1. The summed E-state index contributed by atoms with van der Waals surface area (Å²) in [5, 5.41) is 38.4. The van der Waals surface area contributed by atoms with Crippen LogP contribution in [0.2, 0.25) is 0 Å². The number of carbonyl (C=O) groups excluding carboxylic acids is 2. The Bertz CT molecular complexity index is 993. The SMILES string of the molecule is C[C@@H](O)[C@H](NC(=O)OC(C)(C)C)C(=O)N[C@@H]1C[C@H](O)[C@@H](Nc2ncnc3nc[nH]c23)O[C@H]1CO. The lowest BCUT2D eigenvalue weighted by Crippen LogP contribution is -2.61. The Kier molecular flexibility index (Phi) is 7.86. The number of aromatic nitrogens is 4. The third-order valence-corrected chi connectivity index (χ3v) is 5.06. The summed E-state index contributed by atoms with van der Waals surface area (Å²) in [7, 11) is 0. The van der Waals surface area contributed by atoms with Crippen LogP contribution in [0.1, 0.15) is 34.1 Å². The number of nitrogens with one attached hydrogen (secondary N) is 4. The van der Waals surface area contributed by atoms with Crippen LogP contribution in [0.25, 0.3) is 11.2 Å². The Morgan fingerprint density at radius 3 is 2.71 bits per heavy atom. The van der Waals surface area contributed by atoms with Crippen molar-refractivity contribution in [2.75, 3.05) is 11.9 Å². The first kappa shape index (κ1) is 25.6. The van der Waals surface area contributed by atoms with Gasteiger partial charge in [-0.2, -0.15) is 0 Å². The van der Waals surface area contributed by atoms with Gasteiger partial charge in [-0.1, -0.05) is 0 Å². The van der Waals surface area contributed by atoms with Crippen molar-refractivity contribution in [2.24, 2.45) is 0 Å². The summed E-state index contributed by atoms with van der Waals surface area (Å²) in [6.07, 6.45) is -2.25. The van der Waals surface area contributed by atoms with E-state index in [4.69, 9.17) is 9.47 Å². The topological polar surface area (TPSA) is 204 Å². The monoisotopic (exact) mass is 481 g/mol. The highest BCUT2D eigenvalue weighted by molar-refractivity contribution is 5.86. The van der Waals surface area contributed by atoms with Gasteiger partial charge in [0.1, 0.15) is 35.7 Å². The number of nitrogens with zero attached hydrogens (tertiary/aromatic N) is 3. The first-order chi connectivity index (χ1) is 16.0. The minimum atomic E-state index is -1.32. The van der Waals surface area contributed by atoms with E-state index in [0.717, 1.165) is 0 Å². The van der Waals surface area contributed by atoms with Crippen LogP contribution >= 0.6 is 0 Å². The van der Waals surface area contributed by atoms with E-state index in [-0.39, 0.29) is 6.42 Å². The van der Waals surface area contributed by atoms with Crippen LogP contribution < -0.4 is 16.0 Å². The maximum atomic E-state index is 12.8. The summed E-state index contributed by atoms with van der Waals surface area (Å²) in [5.74, 6) is -0.372. The zero-order valence-electron chi connectivity index (χ0n) is 19.3. The van der Waals surface area contributed by atoms with Gasteiger partial charge in [0.2, 0.25) is 5.91 Å². The van der Waals surface area contributed by atoms with Crippen LogP contribution in [-0.2, 0) is 14.3 Å². The lowest BCUT2D eigenvalue weighted by atomic mass is 9.98. The van der Waals surface area contributed by atoms with E-state index in [0.29, 0.717) is 17.0 Å². The summed E-state index contributed by atoms with van der Waals surface area (Å²) in [6, 6.07) is -2.12. The van der Waals surface area contributed by atoms with E-state index in [2.05, 4.69) is 35.9 Å². The number of aliphatic hydroxyl groups is 3. The maximum Gasteiger partial charge on any atom is 0.408 e. The molecule has 2 aromatic heterocycles. The number of hydrogen-bond donors (Lipinski definition) is 7. The largest absolute Gasteiger partial charge is 0.444 e. The number of rotatable bonds is 7. The van der Waals surface area contributed by atoms with Crippen molar-refractivity contribution in [3.05, 3.63) is 12.7 Å². The number of amides is 2. The highest BCUT2D eigenvalue weighted by Crippen LogP contribution is 2.24. The van der Waals surface area contributed by atoms with E-state index in [1.165, 1.54) is 19.6 Å². The van der Waals surface area contributed by atoms with Gasteiger partial charge >= 0.3 is 6.09 Å². The van der Waals surface area contributed by atoms with Gasteiger partial charge in [-0.3, -0.25) is 4.79 Å². The van der Waals surface area contributed by atoms with Crippen LogP contribution in [-0.4, -0.2) is 96.1 Å². The number of imidazole rings is 1. The number of aromatic amines is 1. The molecule has 14 nitrogen and oxygen atoms in total. The zero-order valence-corrected chi connectivity index (χ0v) is 19.3. The molecule has 3 heterocycles. The average molecular weight is 482 g/mol. The number of H-pyrrole nitrogens is 1. The molecule has 2 amide bonds. The van der Waals surface area contributed by atoms with Crippen molar-refractivity contribution < 1.29 is 34.4 Å². The van der Waals surface area contributed by atoms with Gasteiger partial charge in [0.15, 0.2) is 17.7 Å². The Labute approximate surface area is 195 Å². The number of anilines is 1. The van der Waals surface area contributed by atoms with E-state index < -0.39 is 60.8 Å². The molecule has 34 heavy (non-hydrogen) atoms. The first-order valence-electron chi connectivity index (χ1n) is 10.8. The van der Waals surface area contributed by atoms with E-state index in [1.54, 1.807) is 20.8 Å². The molecule has 0 saturated carbocycles. The lowest BCUT2D eigenvalue weighted by Gasteiger charge is -2.40. The molecule has 1 fully saturated rings. The summed E-state index contributed by atoms with van der Waals surface area (Å²) in [4.78, 5) is 40.0. The minimum absolute atomic E-state index is 0.0187. The Hall–Kier alpha value is -3.07. The molecular formula is C20H31N7O7. The molecule has 3 rings (SSSR count). The van der Waals surface area contributed by atoms with Gasteiger partial charge in [0.25, 0.3) is 0 Å². The molecule has 2 aromatic rings. The van der Waals surface area contributed by atoms with Crippen LogP contribution in [0.5, 0.6) is 0 Å². The van der Waals surface area contributed by atoms with Crippen LogP contribution in [0.15, 0.2) is 12.7 Å². The van der Waals surface area contributed by atoms with Gasteiger partial charge in [-0.05, 0) is 27.7 Å². The van der Waals surface area contributed by atoms with E-state index in [9.17, 15) is 24.9 Å². The van der Waals surface area contributed by atoms with Crippen molar-refractivity contribution >= 4 is 29.0 Å². The highest BCUT2D eigenvalue weighted by atomic mass is 16.6. The van der Waals surface area contributed by atoms with Crippen molar-refractivity contribution in [1.29, 1.82) is 0 Å². The zero-order chi connectivity index (χ0) is 25.0. The maximum absolute atomic E-state index is 12.8. The molecular weight excluding hydrogens is 450 g/mol. The molecule has 1 aliphatic rings. The van der Waals surface area contributed by atoms with Crippen LogP contribution in [0.4, 0.5) is 10.6 Å². The van der Waals surface area contributed by atoms with E-state index >= 15 is 0 Å². The fourth-order valence-corrected chi connectivity index (χ4v) is 3.48. The van der Waals surface area contributed by atoms with Crippen molar-refractivity contribution in [3.63, 3.8) is 0 Å². The van der Waals surface area contributed by atoms with Gasteiger partial charge in [-0.15, -0.1) is 0 Å². The van der Waals surface area contributed by atoms with E-state index in [1.807, 2.05) is 0 Å². The molecule has 1 aliphatic heterocycles. The number of ether oxygens (including phenoxy) is 2. The third-order valence-electron chi connectivity index (χ3n) is 5.06. The van der Waals surface area contributed by atoms with Gasteiger partial charge < -0.3 is 45.7 Å². The van der Waals surface area contributed by atoms with Gasteiger partial charge in [0.05, 0.1) is 25.1 Å². The third kappa shape index (κ3) is 6.28. The number of carbonyl (C=O) groups is 2. The Morgan fingerprint density at radius 2 is 2.06 bits per heavy atom. The molecule has 0 unspecified atom stereocenters. The molecule has 1 saturated heterocycles. The fourth-order valence-electron chi connectivity index (χ4n) is 3.48. The summed E-state index contributed by atoms with van der Waals surface area (Å²) < 4.78 is 10.9. The van der Waals surface area contributed by atoms with Gasteiger partial charge in [0, 0.05) is 6.42 Å². The smallest absolute Gasteiger partial charge is 0.408 e. The summed E-state index contributed by atoms with van der Waals surface area (Å²) >= 11 is 0. The molecule has 0 aliphatic carbocycles. The molecule has 0 aromatic carbocycles.